The highest BCUT2D eigenvalue weighted by molar-refractivity contribution is 6.33. The van der Waals surface area contributed by atoms with Crippen LogP contribution in [-0.2, 0) is 4.79 Å². The summed E-state index contributed by atoms with van der Waals surface area (Å²) in [5, 5.41) is 11.9. The van der Waals surface area contributed by atoms with Crippen molar-refractivity contribution in [3.8, 4) is 0 Å². The van der Waals surface area contributed by atoms with Crippen molar-refractivity contribution >= 4 is 29.3 Å². The lowest BCUT2D eigenvalue weighted by atomic mass is 10.2. The number of likely N-dealkylation sites (N-methyl/N-ethyl adjacent to an activating group) is 1. The molecule has 1 heterocycles. The SMILES string of the molecule is CN(CC(=O)NC1CC1)c1cc(C(=O)O)c(Cl)cn1. The van der Waals surface area contributed by atoms with E-state index >= 15 is 0 Å². The molecule has 1 aromatic rings. The van der Waals surface area contributed by atoms with Crippen LogP contribution in [-0.4, -0.2) is 41.6 Å². The Morgan fingerprint density at radius 3 is 2.84 bits per heavy atom. The van der Waals surface area contributed by atoms with Gasteiger partial charge in [-0.05, 0) is 18.9 Å². The van der Waals surface area contributed by atoms with Crippen LogP contribution in [0.5, 0.6) is 0 Å². The molecule has 0 saturated heterocycles. The zero-order chi connectivity index (χ0) is 14.0. The Labute approximate surface area is 115 Å². The first kappa shape index (κ1) is 13.6. The van der Waals surface area contributed by atoms with Gasteiger partial charge in [0.15, 0.2) is 0 Å². The maximum Gasteiger partial charge on any atom is 0.337 e. The minimum Gasteiger partial charge on any atom is -0.478 e. The van der Waals surface area contributed by atoms with E-state index in [1.165, 1.54) is 12.3 Å². The molecule has 1 aliphatic rings. The number of halogens is 1. The fraction of sp³-hybridized carbons (Fsp3) is 0.417. The van der Waals surface area contributed by atoms with Crippen molar-refractivity contribution in [1.29, 1.82) is 0 Å². The molecule has 0 aromatic carbocycles. The van der Waals surface area contributed by atoms with Crippen LogP contribution < -0.4 is 10.2 Å². The van der Waals surface area contributed by atoms with E-state index in [0.717, 1.165) is 12.8 Å². The number of amides is 1. The highest BCUT2D eigenvalue weighted by Gasteiger charge is 2.24. The van der Waals surface area contributed by atoms with E-state index in [2.05, 4.69) is 10.3 Å². The molecule has 6 nitrogen and oxygen atoms in total. The monoisotopic (exact) mass is 283 g/mol. The Balaban J connectivity index is 2.05. The smallest absolute Gasteiger partial charge is 0.337 e. The Kier molecular flexibility index (Phi) is 3.90. The summed E-state index contributed by atoms with van der Waals surface area (Å²) < 4.78 is 0. The highest BCUT2D eigenvalue weighted by Crippen LogP contribution is 2.20. The average Bonchev–Trinajstić information content (AvgIpc) is 3.12. The molecular weight excluding hydrogens is 270 g/mol. The van der Waals surface area contributed by atoms with Gasteiger partial charge in [-0.1, -0.05) is 11.6 Å². The highest BCUT2D eigenvalue weighted by atomic mass is 35.5. The molecule has 0 bridgehead atoms. The molecule has 0 aliphatic heterocycles. The number of carbonyl (C=O) groups is 2. The number of carboxylic acids is 1. The Hall–Kier alpha value is -1.82. The number of hydrogen-bond acceptors (Lipinski definition) is 4. The third-order valence-corrected chi connectivity index (χ3v) is 3.09. The van der Waals surface area contributed by atoms with Gasteiger partial charge in [-0.2, -0.15) is 0 Å². The molecule has 1 fully saturated rings. The van der Waals surface area contributed by atoms with Crippen molar-refractivity contribution in [2.24, 2.45) is 0 Å². The molecule has 102 valence electrons. The summed E-state index contributed by atoms with van der Waals surface area (Å²) in [5.74, 6) is -0.823. The normalized spacial score (nSPS) is 14.0. The van der Waals surface area contributed by atoms with Gasteiger partial charge in [-0.15, -0.1) is 0 Å². The maximum absolute atomic E-state index is 11.6. The summed E-state index contributed by atoms with van der Waals surface area (Å²) in [5.41, 5.74) is -0.0267. The van der Waals surface area contributed by atoms with Crippen molar-refractivity contribution in [2.45, 2.75) is 18.9 Å². The third kappa shape index (κ3) is 3.57. The van der Waals surface area contributed by atoms with Gasteiger partial charge in [0, 0.05) is 19.3 Å². The molecule has 1 saturated carbocycles. The van der Waals surface area contributed by atoms with Crippen LogP contribution in [0.25, 0.3) is 0 Å². The van der Waals surface area contributed by atoms with Gasteiger partial charge in [-0.25, -0.2) is 9.78 Å². The van der Waals surface area contributed by atoms with Crippen molar-refractivity contribution in [1.82, 2.24) is 10.3 Å². The topological polar surface area (TPSA) is 82.5 Å². The van der Waals surface area contributed by atoms with Crippen LogP contribution in [0, 0.1) is 0 Å². The molecule has 1 aromatic heterocycles. The Morgan fingerprint density at radius 1 is 1.58 bits per heavy atom. The molecular formula is C12H14ClN3O3. The van der Waals surface area contributed by atoms with Crippen LogP contribution in [0.4, 0.5) is 5.82 Å². The van der Waals surface area contributed by atoms with Crippen LogP contribution >= 0.6 is 11.6 Å². The van der Waals surface area contributed by atoms with Crippen LogP contribution in [0.3, 0.4) is 0 Å². The van der Waals surface area contributed by atoms with Crippen molar-refractivity contribution in [3.05, 3.63) is 22.8 Å². The summed E-state index contributed by atoms with van der Waals surface area (Å²) in [6.45, 7) is 0.129. The summed E-state index contributed by atoms with van der Waals surface area (Å²) in [7, 11) is 1.67. The number of aromatic nitrogens is 1. The predicted octanol–water partition coefficient (Wildman–Crippen LogP) is 1.15. The second kappa shape index (κ2) is 5.44. The van der Waals surface area contributed by atoms with E-state index in [0.29, 0.717) is 11.9 Å². The van der Waals surface area contributed by atoms with E-state index in [-0.39, 0.29) is 23.0 Å². The molecule has 0 radical (unpaired) electrons. The van der Waals surface area contributed by atoms with Gasteiger partial charge in [0.2, 0.25) is 5.91 Å². The molecule has 2 rings (SSSR count). The summed E-state index contributed by atoms with van der Waals surface area (Å²) >= 11 is 5.74. The van der Waals surface area contributed by atoms with Crippen molar-refractivity contribution < 1.29 is 14.7 Å². The average molecular weight is 284 g/mol. The lowest BCUT2D eigenvalue weighted by molar-refractivity contribution is -0.119. The Bertz CT molecular complexity index is 517. The van der Waals surface area contributed by atoms with Gasteiger partial charge < -0.3 is 15.3 Å². The molecule has 0 unspecified atom stereocenters. The molecule has 1 aliphatic carbocycles. The second-order valence-corrected chi connectivity index (χ2v) is 4.93. The summed E-state index contributed by atoms with van der Waals surface area (Å²) in [6, 6.07) is 1.66. The maximum atomic E-state index is 11.6. The predicted molar refractivity (Wildman–Crippen MR) is 70.6 cm³/mol. The number of hydrogen-bond donors (Lipinski definition) is 2. The fourth-order valence-corrected chi connectivity index (χ4v) is 1.78. The number of carbonyl (C=O) groups excluding carboxylic acids is 1. The van der Waals surface area contributed by atoms with Gasteiger partial charge >= 0.3 is 5.97 Å². The Morgan fingerprint density at radius 2 is 2.26 bits per heavy atom. The summed E-state index contributed by atoms with van der Waals surface area (Å²) in [4.78, 5) is 28.2. The van der Waals surface area contributed by atoms with Gasteiger partial charge in [-0.3, -0.25) is 4.79 Å². The zero-order valence-electron chi connectivity index (χ0n) is 10.4. The molecule has 0 spiro atoms. The van der Waals surface area contributed by atoms with Crippen LogP contribution in [0.15, 0.2) is 12.3 Å². The van der Waals surface area contributed by atoms with Crippen LogP contribution in [0.1, 0.15) is 23.2 Å². The number of rotatable bonds is 5. The number of carboxylic acid groups (broad SMARTS) is 1. The zero-order valence-corrected chi connectivity index (χ0v) is 11.1. The second-order valence-electron chi connectivity index (χ2n) is 4.53. The number of pyridine rings is 1. The van der Waals surface area contributed by atoms with E-state index in [9.17, 15) is 9.59 Å². The molecule has 7 heteroatoms. The summed E-state index contributed by atoms with van der Waals surface area (Å²) in [6.07, 6.45) is 3.32. The first-order chi connectivity index (χ1) is 8.97. The molecule has 1 amide bonds. The van der Waals surface area contributed by atoms with E-state index < -0.39 is 5.97 Å². The van der Waals surface area contributed by atoms with E-state index in [1.54, 1.807) is 11.9 Å². The molecule has 19 heavy (non-hydrogen) atoms. The van der Waals surface area contributed by atoms with Gasteiger partial charge in [0.1, 0.15) is 5.82 Å². The number of anilines is 1. The number of nitrogens with one attached hydrogen (secondary N) is 1. The molecule has 2 N–H and O–H groups in total. The first-order valence-electron chi connectivity index (χ1n) is 5.86. The quantitative estimate of drug-likeness (QED) is 0.847. The number of aromatic carboxylic acids is 1. The largest absolute Gasteiger partial charge is 0.478 e. The lowest BCUT2D eigenvalue weighted by Crippen LogP contribution is -2.36. The number of nitrogens with zero attached hydrogens (tertiary/aromatic N) is 2. The molecule has 0 atom stereocenters. The minimum atomic E-state index is -1.12. The van der Waals surface area contributed by atoms with E-state index in [1.807, 2.05) is 0 Å². The van der Waals surface area contributed by atoms with Gasteiger partial charge in [0.05, 0.1) is 17.1 Å². The van der Waals surface area contributed by atoms with E-state index in [4.69, 9.17) is 16.7 Å². The van der Waals surface area contributed by atoms with Crippen LogP contribution in [0.2, 0.25) is 5.02 Å². The lowest BCUT2D eigenvalue weighted by Gasteiger charge is -2.18. The first-order valence-corrected chi connectivity index (χ1v) is 6.24. The fourth-order valence-electron chi connectivity index (χ4n) is 1.60. The standard InChI is InChI=1S/C12H14ClN3O3/c1-16(6-11(17)15-7-2-3-7)10-4-8(12(18)19)9(13)5-14-10/h4-5,7H,2-3,6H2,1H3,(H,15,17)(H,18,19). The third-order valence-electron chi connectivity index (χ3n) is 2.79. The van der Waals surface area contributed by atoms with Crippen molar-refractivity contribution in [3.63, 3.8) is 0 Å². The minimum absolute atomic E-state index is 0.0267. The van der Waals surface area contributed by atoms with Gasteiger partial charge in [0.25, 0.3) is 0 Å². The van der Waals surface area contributed by atoms with Crippen molar-refractivity contribution in [2.75, 3.05) is 18.5 Å².